The average molecular weight is 742 g/mol. The number of nitrogens with zero attached hydrogens (tertiary/aromatic N) is 4. The summed E-state index contributed by atoms with van der Waals surface area (Å²) in [7, 11) is -4.06. The molecule has 0 amide bonds. The Bertz CT molecular complexity index is 1750. The lowest BCUT2D eigenvalue weighted by atomic mass is 9.87. The third-order valence-corrected chi connectivity index (χ3v) is 9.22. The van der Waals surface area contributed by atoms with E-state index in [0.717, 1.165) is 34.9 Å². The molecule has 0 aliphatic carbocycles. The van der Waals surface area contributed by atoms with Crippen molar-refractivity contribution < 1.29 is 27.4 Å². The number of aryl methyl sites for hydroxylation is 1. The highest BCUT2D eigenvalue weighted by Crippen LogP contribution is 2.37. The maximum absolute atomic E-state index is 13.8. The van der Waals surface area contributed by atoms with E-state index >= 15 is 0 Å². The molecule has 256 valence electrons. The minimum Gasteiger partial charge on any atom is -0.473 e. The second kappa shape index (κ2) is 16.0. The molecule has 2 aromatic carbocycles. The predicted molar refractivity (Wildman–Crippen MR) is 187 cm³/mol. The number of hydrogen-bond donors (Lipinski definition) is 2. The molecule has 1 aliphatic heterocycles. The molecule has 1 saturated heterocycles. The molecule has 0 radical (unpaired) electrons. The molecule has 1 unspecified atom stereocenters. The lowest BCUT2D eigenvalue weighted by Crippen LogP contribution is -2.25. The molecule has 2 N–H and O–H groups in total. The molecule has 0 bridgehead atoms. The van der Waals surface area contributed by atoms with Gasteiger partial charge in [-0.05, 0) is 70.8 Å². The summed E-state index contributed by atoms with van der Waals surface area (Å²) in [5, 5.41) is 3.15. The topological polar surface area (TPSA) is 147 Å². The van der Waals surface area contributed by atoms with Gasteiger partial charge in [-0.2, -0.15) is 9.97 Å². The first kappa shape index (κ1) is 35.5. The molecule has 4 aromatic rings. The summed E-state index contributed by atoms with van der Waals surface area (Å²) in [6.45, 7) is 9.74. The number of halogens is 1. The van der Waals surface area contributed by atoms with E-state index in [4.69, 9.17) is 18.9 Å². The summed E-state index contributed by atoms with van der Waals surface area (Å²) in [6.07, 6.45) is 5.85. The van der Waals surface area contributed by atoms with Gasteiger partial charge in [0.05, 0.1) is 21.5 Å². The SMILES string of the molecule is Cc1ccc(-c2c(NS(=O)(=O)c3ccc(C(C)(C)C)cc3)nc(NCCOC3CCCCO3)nc2OCCOc2ncc(Br)cn2)cc1. The smallest absolute Gasteiger partial charge is 0.316 e. The maximum Gasteiger partial charge on any atom is 0.316 e. The van der Waals surface area contributed by atoms with Gasteiger partial charge in [0.1, 0.15) is 13.2 Å². The number of sulfonamides is 1. The normalized spacial score (nSPS) is 15.1. The summed E-state index contributed by atoms with van der Waals surface area (Å²) in [6, 6.07) is 14.6. The van der Waals surface area contributed by atoms with Crippen LogP contribution in [0.4, 0.5) is 11.8 Å². The van der Waals surface area contributed by atoms with E-state index < -0.39 is 10.0 Å². The van der Waals surface area contributed by atoms with Crippen molar-refractivity contribution in [2.75, 3.05) is 43.0 Å². The van der Waals surface area contributed by atoms with Gasteiger partial charge in [0.15, 0.2) is 12.1 Å². The number of benzene rings is 2. The number of anilines is 2. The molecule has 12 nitrogen and oxygen atoms in total. The van der Waals surface area contributed by atoms with E-state index in [0.29, 0.717) is 30.9 Å². The van der Waals surface area contributed by atoms with Crippen molar-refractivity contribution in [1.82, 2.24) is 19.9 Å². The zero-order chi connectivity index (χ0) is 34.1. The molecule has 0 spiro atoms. The van der Waals surface area contributed by atoms with Crippen molar-refractivity contribution in [3.05, 3.63) is 76.5 Å². The Balaban J connectivity index is 1.44. The van der Waals surface area contributed by atoms with Gasteiger partial charge in [0, 0.05) is 25.5 Å². The second-order valence-corrected chi connectivity index (χ2v) is 14.9. The van der Waals surface area contributed by atoms with Crippen molar-refractivity contribution in [2.24, 2.45) is 0 Å². The second-order valence-electron chi connectivity index (χ2n) is 12.3. The molecule has 3 heterocycles. The molecular weight excluding hydrogens is 700 g/mol. The molecule has 0 saturated carbocycles. The van der Waals surface area contributed by atoms with Gasteiger partial charge >= 0.3 is 6.01 Å². The molecule has 5 rings (SSSR count). The minimum atomic E-state index is -4.06. The fourth-order valence-corrected chi connectivity index (χ4v) is 6.06. The van der Waals surface area contributed by atoms with Crippen molar-refractivity contribution in [2.45, 2.75) is 63.6 Å². The Labute approximate surface area is 290 Å². The Kier molecular flexibility index (Phi) is 11.8. The number of nitrogens with one attached hydrogen (secondary N) is 2. The maximum atomic E-state index is 13.8. The van der Waals surface area contributed by atoms with Crippen molar-refractivity contribution in [3.8, 4) is 23.0 Å². The van der Waals surface area contributed by atoms with Crippen LogP contribution in [0.2, 0.25) is 0 Å². The number of aromatic nitrogens is 4. The summed E-state index contributed by atoms with van der Waals surface area (Å²) in [4.78, 5) is 17.6. The van der Waals surface area contributed by atoms with Gasteiger partial charge in [-0.1, -0.05) is 62.7 Å². The van der Waals surface area contributed by atoms with Gasteiger partial charge < -0.3 is 24.3 Å². The molecule has 48 heavy (non-hydrogen) atoms. The molecular formula is C34H41BrN6O6S. The Hall–Kier alpha value is -3.85. The first-order chi connectivity index (χ1) is 23.0. The van der Waals surface area contributed by atoms with Gasteiger partial charge in [-0.25, -0.2) is 18.4 Å². The Morgan fingerprint density at radius 1 is 0.938 bits per heavy atom. The van der Waals surface area contributed by atoms with Crippen molar-refractivity contribution in [1.29, 1.82) is 0 Å². The Morgan fingerprint density at radius 2 is 1.65 bits per heavy atom. The fraction of sp³-hybridized carbons (Fsp3) is 0.412. The molecule has 14 heteroatoms. The zero-order valence-electron chi connectivity index (χ0n) is 27.5. The lowest BCUT2D eigenvalue weighted by Gasteiger charge is -2.22. The van der Waals surface area contributed by atoms with Gasteiger partial charge in [0.2, 0.25) is 11.8 Å². The average Bonchev–Trinajstić information content (AvgIpc) is 3.06. The van der Waals surface area contributed by atoms with Crippen LogP contribution in [0.1, 0.15) is 51.2 Å². The highest BCUT2D eigenvalue weighted by atomic mass is 79.9. The van der Waals surface area contributed by atoms with E-state index in [-0.39, 0.29) is 53.5 Å². The van der Waals surface area contributed by atoms with Gasteiger partial charge in [-0.15, -0.1) is 0 Å². The van der Waals surface area contributed by atoms with Gasteiger partial charge in [-0.3, -0.25) is 4.72 Å². The van der Waals surface area contributed by atoms with E-state index in [9.17, 15) is 8.42 Å². The number of hydrogen-bond acceptors (Lipinski definition) is 11. The van der Waals surface area contributed by atoms with Crippen LogP contribution in [0, 0.1) is 6.92 Å². The van der Waals surface area contributed by atoms with E-state index in [2.05, 4.69) is 66.7 Å². The van der Waals surface area contributed by atoms with Gasteiger partial charge in [0.25, 0.3) is 10.0 Å². The predicted octanol–water partition coefficient (Wildman–Crippen LogP) is 6.52. The van der Waals surface area contributed by atoms with E-state index in [1.807, 2.05) is 43.3 Å². The van der Waals surface area contributed by atoms with E-state index in [1.54, 1.807) is 24.5 Å². The third-order valence-electron chi connectivity index (χ3n) is 7.45. The highest BCUT2D eigenvalue weighted by Gasteiger charge is 2.24. The minimum absolute atomic E-state index is 0.0555. The number of ether oxygens (including phenoxy) is 4. The summed E-state index contributed by atoms with van der Waals surface area (Å²) < 4.78 is 54.3. The van der Waals surface area contributed by atoms with Crippen LogP contribution in [0.5, 0.6) is 11.9 Å². The third kappa shape index (κ3) is 9.84. The highest BCUT2D eigenvalue weighted by molar-refractivity contribution is 9.10. The molecule has 1 fully saturated rings. The molecule has 1 atom stereocenters. The van der Waals surface area contributed by atoms with Crippen LogP contribution in [0.3, 0.4) is 0 Å². The summed E-state index contributed by atoms with van der Waals surface area (Å²) in [5.74, 6) is 0.376. The first-order valence-electron chi connectivity index (χ1n) is 15.8. The summed E-state index contributed by atoms with van der Waals surface area (Å²) >= 11 is 3.31. The summed E-state index contributed by atoms with van der Waals surface area (Å²) in [5.41, 5.74) is 2.96. The molecule has 1 aliphatic rings. The standard InChI is InChI=1S/C34H41BrN6O6S/c1-23-8-10-24(11-9-23)29-30(41-48(42,43)27-14-12-25(13-15-27)34(2,3)4)39-32(36-16-18-45-28-7-5-6-17-44-28)40-31(29)46-19-20-47-33-37-21-26(35)22-38-33/h8-15,21-22,28H,5-7,16-20H2,1-4H3,(H2,36,39,40,41). The monoisotopic (exact) mass is 740 g/mol. The fourth-order valence-electron chi connectivity index (χ4n) is 4.84. The Morgan fingerprint density at radius 3 is 2.31 bits per heavy atom. The van der Waals surface area contributed by atoms with Crippen molar-refractivity contribution in [3.63, 3.8) is 0 Å². The molecule has 2 aromatic heterocycles. The van der Waals surface area contributed by atoms with Crippen LogP contribution < -0.4 is 19.5 Å². The zero-order valence-corrected chi connectivity index (χ0v) is 29.9. The van der Waals surface area contributed by atoms with Crippen LogP contribution in [-0.4, -0.2) is 67.6 Å². The van der Waals surface area contributed by atoms with Crippen molar-refractivity contribution >= 4 is 37.7 Å². The van der Waals surface area contributed by atoms with Crippen LogP contribution in [0.15, 0.2) is 70.3 Å². The van der Waals surface area contributed by atoms with Crippen LogP contribution >= 0.6 is 15.9 Å². The largest absolute Gasteiger partial charge is 0.473 e. The van der Waals surface area contributed by atoms with Crippen LogP contribution in [-0.2, 0) is 24.9 Å². The van der Waals surface area contributed by atoms with E-state index in [1.165, 1.54) is 0 Å². The number of rotatable bonds is 14. The quantitative estimate of drug-likeness (QED) is 0.136. The lowest BCUT2D eigenvalue weighted by molar-refractivity contribution is -0.159. The first-order valence-corrected chi connectivity index (χ1v) is 18.1. The van der Waals surface area contributed by atoms with Crippen LogP contribution in [0.25, 0.3) is 11.1 Å².